The summed E-state index contributed by atoms with van der Waals surface area (Å²) < 4.78 is 23.2. The van der Waals surface area contributed by atoms with Gasteiger partial charge in [-0.15, -0.1) is 0 Å². The summed E-state index contributed by atoms with van der Waals surface area (Å²) in [6.07, 6.45) is 0. The molecule has 0 bridgehead atoms. The summed E-state index contributed by atoms with van der Waals surface area (Å²) in [6.45, 7) is 0.688. The van der Waals surface area contributed by atoms with Crippen molar-refractivity contribution in [3.05, 3.63) is 144 Å². The lowest BCUT2D eigenvalue weighted by atomic mass is 9.91. The smallest absolute Gasteiger partial charge is 0.323 e. The molecule has 0 spiro atoms. The van der Waals surface area contributed by atoms with E-state index < -0.39 is 11.8 Å². The summed E-state index contributed by atoms with van der Waals surface area (Å²) in [7, 11) is 0. The highest BCUT2D eigenvalue weighted by Gasteiger charge is 2.36. The van der Waals surface area contributed by atoms with Gasteiger partial charge in [0.05, 0.1) is 0 Å². The van der Waals surface area contributed by atoms with Gasteiger partial charge in [-0.3, -0.25) is 9.59 Å². The van der Waals surface area contributed by atoms with Crippen LogP contribution in [0.3, 0.4) is 0 Å². The van der Waals surface area contributed by atoms with Crippen LogP contribution >= 0.6 is 0 Å². The van der Waals surface area contributed by atoms with Crippen LogP contribution in [0, 0.1) is 0 Å². The molecule has 0 radical (unpaired) electrons. The molecule has 2 aliphatic heterocycles. The molecule has 8 rings (SSSR count). The highest BCUT2D eigenvalue weighted by molar-refractivity contribution is 6.00. The second-order valence-corrected chi connectivity index (χ2v) is 11.0. The van der Waals surface area contributed by atoms with Crippen LogP contribution in [0.25, 0.3) is 21.5 Å². The largest absolute Gasteiger partial charge is 0.490 e. The van der Waals surface area contributed by atoms with Crippen molar-refractivity contribution < 1.29 is 28.5 Å². The Labute approximate surface area is 253 Å². The van der Waals surface area contributed by atoms with E-state index in [2.05, 4.69) is 0 Å². The highest BCUT2D eigenvalue weighted by Crippen LogP contribution is 2.45. The van der Waals surface area contributed by atoms with E-state index in [0.29, 0.717) is 36.2 Å². The van der Waals surface area contributed by atoms with Crippen molar-refractivity contribution in [3.8, 4) is 23.0 Å². The number of hydrogen-bond acceptors (Lipinski definition) is 6. The molecule has 44 heavy (non-hydrogen) atoms. The maximum Gasteiger partial charge on any atom is 0.323 e. The summed E-state index contributed by atoms with van der Waals surface area (Å²) in [5, 5.41) is 3.96. The number of carbonyl (C=O) groups excluding carboxylic acids is 2. The van der Waals surface area contributed by atoms with Gasteiger partial charge in [-0.05, 0) is 46.2 Å². The zero-order valence-corrected chi connectivity index (χ0v) is 23.6. The maximum atomic E-state index is 12.8. The molecule has 0 aromatic heterocycles. The zero-order chi connectivity index (χ0) is 29.6. The van der Waals surface area contributed by atoms with E-state index >= 15 is 0 Å². The lowest BCUT2D eigenvalue weighted by Crippen LogP contribution is -2.12. The first-order chi connectivity index (χ1) is 21.6. The first kappa shape index (κ1) is 26.0. The second-order valence-electron chi connectivity index (χ2n) is 11.0. The van der Waals surface area contributed by atoms with Crippen molar-refractivity contribution >= 4 is 33.5 Å². The molecule has 0 saturated carbocycles. The molecule has 2 aliphatic rings. The summed E-state index contributed by atoms with van der Waals surface area (Å²) >= 11 is 0. The topological polar surface area (TPSA) is 71.1 Å². The molecule has 0 fully saturated rings. The third-order valence-corrected chi connectivity index (χ3v) is 8.37. The average Bonchev–Trinajstić information content (AvgIpc) is 3.59. The predicted molar refractivity (Wildman–Crippen MR) is 167 cm³/mol. The molecule has 2 unspecified atom stereocenters. The molecule has 0 saturated heterocycles. The summed E-state index contributed by atoms with van der Waals surface area (Å²) in [5.41, 5.74) is 3.47. The van der Waals surface area contributed by atoms with Crippen molar-refractivity contribution in [2.45, 2.75) is 11.8 Å². The molecular formula is C38H26O6. The Kier molecular flexibility index (Phi) is 6.26. The van der Waals surface area contributed by atoms with Gasteiger partial charge in [0.1, 0.15) is 48.0 Å². The number of hydrogen-bond donors (Lipinski definition) is 0. The molecule has 6 aromatic carbocycles. The Bertz CT molecular complexity index is 1910. The quantitative estimate of drug-likeness (QED) is 0.111. The van der Waals surface area contributed by atoms with Crippen LogP contribution in [0.1, 0.15) is 34.1 Å². The van der Waals surface area contributed by atoms with Crippen LogP contribution in [0.5, 0.6) is 23.0 Å². The monoisotopic (exact) mass is 578 g/mol. The molecule has 0 amide bonds. The minimum atomic E-state index is -0.464. The third kappa shape index (κ3) is 4.43. The molecular weight excluding hydrogens is 552 g/mol. The van der Waals surface area contributed by atoms with Crippen LogP contribution in [0.4, 0.5) is 0 Å². The molecule has 2 atom stereocenters. The van der Waals surface area contributed by atoms with Gasteiger partial charge < -0.3 is 18.9 Å². The van der Waals surface area contributed by atoms with Gasteiger partial charge >= 0.3 is 11.9 Å². The lowest BCUT2D eigenvalue weighted by Gasteiger charge is -2.12. The normalized spacial score (nSPS) is 16.8. The number of ether oxygens (including phenoxy) is 4. The number of carbonyl (C=O) groups is 2. The fourth-order valence-electron chi connectivity index (χ4n) is 6.24. The van der Waals surface area contributed by atoms with Crippen molar-refractivity contribution in [2.75, 3.05) is 13.2 Å². The molecule has 0 aliphatic carbocycles. The maximum absolute atomic E-state index is 12.8. The SMILES string of the molecule is O=C1Oc2c(ccc3ccccc23)C1c1ccc(OCCOc2ccc(C3C(=O)Oc4c3ccc3ccccc43)cc2)cc1. The van der Waals surface area contributed by atoms with Crippen molar-refractivity contribution in [1.29, 1.82) is 0 Å². The standard InChI is InChI=1S/C38H26O6/c39-37-33(31-19-13-23-5-1-3-7-29(23)35(31)43-37)25-9-15-27(16-10-25)41-21-22-42-28-17-11-26(12-18-28)34-32-20-14-24-6-2-4-8-30(24)36(32)44-38(34)40/h1-20,33-34H,21-22H2. The first-order valence-electron chi connectivity index (χ1n) is 14.6. The van der Waals surface area contributed by atoms with Gasteiger partial charge in [-0.25, -0.2) is 0 Å². The summed E-state index contributed by atoms with van der Waals surface area (Å²) in [4.78, 5) is 25.7. The van der Waals surface area contributed by atoms with E-state index in [1.54, 1.807) is 0 Å². The van der Waals surface area contributed by atoms with Crippen LogP contribution in [0.15, 0.2) is 121 Å². The second kappa shape index (κ2) is 10.6. The fourth-order valence-corrected chi connectivity index (χ4v) is 6.24. The van der Waals surface area contributed by atoms with E-state index in [4.69, 9.17) is 18.9 Å². The predicted octanol–water partition coefficient (Wildman–Crippen LogP) is 7.55. The Balaban J connectivity index is 0.889. The summed E-state index contributed by atoms with van der Waals surface area (Å²) in [6, 6.07) is 38.9. The first-order valence-corrected chi connectivity index (χ1v) is 14.6. The minimum absolute atomic E-state index is 0.271. The van der Waals surface area contributed by atoms with Gasteiger partial charge in [-0.2, -0.15) is 0 Å². The van der Waals surface area contributed by atoms with E-state index in [9.17, 15) is 9.59 Å². The average molecular weight is 579 g/mol. The van der Waals surface area contributed by atoms with Crippen molar-refractivity contribution in [3.63, 3.8) is 0 Å². The van der Waals surface area contributed by atoms with Gasteiger partial charge in [0.25, 0.3) is 0 Å². The van der Waals surface area contributed by atoms with Crippen molar-refractivity contribution in [1.82, 2.24) is 0 Å². The Hall–Kier alpha value is -5.62. The molecule has 2 heterocycles. The van der Waals surface area contributed by atoms with Crippen molar-refractivity contribution in [2.24, 2.45) is 0 Å². The highest BCUT2D eigenvalue weighted by atomic mass is 16.5. The van der Waals surface area contributed by atoms with Crippen LogP contribution in [0.2, 0.25) is 0 Å². The van der Waals surface area contributed by atoms with Crippen LogP contribution in [-0.4, -0.2) is 25.2 Å². The Morgan fingerprint density at radius 1 is 0.477 bits per heavy atom. The van der Waals surface area contributed by atoms with Gasteiger partial charge in [-0.1, -0.05) is 97.1 Å². The Morgan fingerprint density at radius 2 is 0.886 bits per heavy atom. The molecule has 0 N–H and O–H groups in total. The molecule has 6 heteroatoms. The third-order valence-electron chi connectivity index (χ3n) is 8.37. The molecule has 6 aromatic rings. The number of fused-ring (bicyclic) bond motifs is 6. The Morgan fingerprint density at radius 3 is 1.32 bits per heavy atom. The van der Waals surface area contributed by atoms with Gasteiger partial charge in [0.2, 0.25) is 0 Å². The van der Waals surface area contributed by atoms with Gasteiger partial charge in [0, 0.05) is 21.9 Å². The fraction of sp³-hybridized carbons (Fsp3) is 0.105. The number of rotatable bonds is 7. The van der Waals surface area contributed by atoms with E-state index in [-0.39, 0.29) is 11.9 Å². The molecule has 214 valence electrons. The zero-order valence-electron chi connectivity index (χ0n) is 23.6. The number of benzene rings is 6. The number of esters is 2. The minimum Gasteiger partial charge on any atom is -0.490 e. The van der Waals surface area contributed by atoms with E-state index in [0.717, 1.165) is 43.8 Å². The summed E-state index contributed by atoms with van der Waals surface area (Å²) in [5.74, 6) is 1.18. The van der Waals surface area contributed by atoms with Crippen LogP contribution in [-0.2, 0) is 9.59 Å². The van der Waals surface area contributed by atoms with E-state index in [1.807, 2.05) is 121 Å². The lowest BCUT2D eigenvalue weighted by molar-refractivity contribution is -0.134. The van der Waals surface area contributed by atoms with E-state index in [1.165, 1.54) is 0 Å². The molecule has 6 nitrogen and oxygen atoms in total. The van der Waals surface area contributed by atoms with Gasteiger partial charge in [0.15, 0.2) is 0 Å². The van der Waals surface area contributed by atoms with Crippen LogP contribution < -0.4 is 18.9 Å².